The van der Waals surface area contributed by atoms with E-state index in [1.807, 2.05) is 65.3 Å². The summed E-state index contributed by atoms with van der Waals surface area (Å²) >= 11 is 0. The third-order valence-electron chi connectivity index (χ3n) is 13.7. The van der Waals surface area contributed by atoms with Gasteiger partial charge in [-0.15, -0.1) is 13.2 Å². The maximum absolute atomic E-state index is 14.6. The Morgan fingerprint density at radius 3 is 2.31 bits per heavy atom. The summed E-state index contributed by atoms with van der Waals surface area (Å²) in [6.07, 6.45) is 12.9. The second kappa shape index (κ2) is 22.5. The molecule has 2 aromatic carbocycles. The van der Waals surface area contributed by atoms with E-state index in [9.17, 15) is 24.0 Å². The van der Waals surface area contributed by atoms with Crippen molar-refractivity contribution in [3.63, 3.8) is 0 Å². The van der Waals surface area contributed by atoms with Gasteiger partial charge >= 0.3 is 12.1 Å². The van der Waals surface area contributed by atoms with Gasteiger partial charge in [-0.05, 0) is 132 Å². The van der Waals surface area contributed by atoms with Crippen molar-refractivity contribution >= 4 is 45.7 Å². The summed E-state index contributed by atoms with van der Waals surface area (Å²) in [6, 6.07) is 14.0. The second-order valence-electron chi connectivity index (χ2n) is 18.2. The van der Waals surface area contributed by atoms with Gasteiger partial charge in [-0.1, -0.05) is 36.4 Å². The number of rotatable bonds is 18. The molecule has 7 rings (SSSR count). The molecule has 3 aliphatic heterocycles. The summed E-state index contributed by atoms with van der Waals surface area (Å²) in [6.45, 7) is 15.5. The van der Waals surface area contributed by atoms with E-state index in [1.165, 1.54) is 9.25 Å². The van der Waals surface area contributed by atoms with E-state index in [1.54, 1.807) is 12.3 Å². The lowest BCUT2D eigenvalue weighted by Gasteiger charge is -2.43. The largest absolute Gasteiger partial charge is 0.448 e. The van der Waals surface area contributed by atoms with Crippen LogP contribution in [0.1, 0.15) is 93.2 Å². The number of amides is 2. The van der Waals surface area contributed by atoms with Crippen molar-refractivity contribution in [3.8, 4) is 0 Å². The number of likely N-dealkylation sites (tertiary alicyclic amines) is 2. The van der Waals surface area contributed by atoms with Crippen molar-refractivity contribution in [1.29, 1.82) is 0 Å². The maximum Gasteiger partial charge on any atom is 0.435 e. The molecule has 3 saturated heterocycles. The van der Waals surface area contributed by atoms with Crippen LogP contribution in [0.4, 0.5) is 4.79 Å². The normalized spacial score (nSPS) is 17.3. The first-order valence-electron chi connectivity index (χ1n) is 23.7. The van der Waals surface area contributed by atoms with E-state index in [4.69, 9.17) is 9.47 Å². The van der Waals surface area contributed by atoms with Gasteiger partial charge in [0, 0.05) is 69.1 Å². The standard InChI is InChI=1S/C51H67N7O7/c1-5-7-9-10-13-29-64-51(63)58-48-37(3)30-38(32-42(48)35-52-58)31-41(49(61)56-27-25-54(26-28-56)43-19-21-53(4)22-20-43)34-46(59)55-23-17-39(18-24-55)44-33-40-14-11-12-15-45(40)57(50(44)62)36-65-47(60)16-8-6-2/h5-6,11-12,14-15,30,32-33,35,39,41,43H,1-2,7-10,13,16-29,31,34,36H2,3-4H3/t41-/m0/s1. The zero-order valence-electron chi connectivity index (χ0n) is 38.5. The zero-order valence-corrected chi connectivity index (χ0v) is 38.5. The van der Waals surface area contributed by atoms with Crippen molar-refractivity contribution in [1.82, 2.24) is 33.9 Å². The van der Waals surface area contributed by atoms with Gasteiger partial charge in [0.2, 0.25) is 11.8 Å². The lowest BCUT2D eigenvalue weighted by molar-refractivity contribution is -0.147. The molecule has 0 aliphatic carbocycles. The number of hydrogen-bond acceptors (Lipinski definition) is 10. The first-order valence-corrected chi connectivity index (χ1v) is 23.7. The molecule has 1 atom stereocenters. The number of unbranched alkanes of at least 4 members (excludes halogenated alkanes) is 3. The number of hydrogen-bond donors (Lipinski definition) is 0. The third-order valence-corrected chi connectivity index (χ3v) is 13.7. The molecule has 4 aromatic rings. The number of fused-ring (bicyclic) bond motifs is 2. The molecule has 0 radical (unpaired) electrons. The summed E-state index contributed by atoms with van der Waals surface area (Å²) in [4.78, 5) is 77.1. The lowest BCUT2D eigenvalue weighted by atomic mass is 9.88. The maximum atomic E-state index is 14.6. The molecule has 14 nitrogen and oxygen atoms in total. The molecule has 2 amide bonds. The summed E-state index contributed by atoms with van der Waals surface area (Å²) in [7, 11) is 2.17. The highest BCUT2D eigenvalue weighted by Gasteiger charge is 2.35. The zero-order chi connectivity index (χ0) is 45.9. The average Bonchev–Trinajstić information content (AvgIpc) is 3.76. The Morgan fingerprint density at radius 2 is 1.57 bits per heavy atom. The summed E-state index contributed by atoms with van der Waals surface area (Å²) in [5, 5.41) is 6.04. The predicted octanol–water partition coefficient (Wildman–Crippen LogP) is 7.05. The SMILES string of the molecule is C=CCCCCCOC(=O)n1ncc2cc(C[C@@H](CC(=O)N3CCC(c4cc5ccccc5n(COC(=O)CCC=C)c4=O)CC3)C(=O)N3CCN(C4CCN(C)CC4)CC3)cc(C)c21. The Morgan fingerprint density at radius 1 is 0.831 bits per heavy atom. The van der Waals surface area contributed by atoms with Gasteiger partial charge < -0.3 is 24.2 Å². The van der Waals surface area contributed by atoms with Crippen LogP contribution in [-0.2, 0) is 37.0 Å². The molecule has 14 heteroatoms. The number of allylic oxidation sites excluding steroid dienone is 2. The number of aromatic nitrogens is 3. The van der Waals surface area contributed by atoms with Gasteiger partial charge in [0.05, 0.1) is 29.8 Å². The van der Waals surface area contributed by atoms with Crippen molar-refractivity contribution in [3.05, 3.63) is 101 Å². The van der Waals surface area contributed by atoms with E-state index in [0.717, 1.165) is 86.6 Å². The number of carbonyl (C=O) groups excluding carboxylic acids is 4. The smallest absolute Gasteiger partial charge is 0.435 e. The quantitative estimate of drug-likeness (QED) is 0.0581. The third kappa shape index (κ3) is 11.8. The topological polar surface area (TPSA) is 140 Å². The molecule has 5 heterocycles. The summed E-state index contributed by atoms with van der Waals surface area (Å²) < 4.78 is 13.9. The predicted molar refractivity (Wildman–Crippen MR) is 253 cm³/mol. The molecule has 3 fully saturated rings. The van der Waals surface area contributed by atoms with Gasteiger partial charge in [-0.3, -0.25) is 28.6 Å². The van der Waals surface area contributed by atoms with Gasteiger partial charge in [0.15, 0.2) is 6.73 Å². The van der Waals surface area contributed by atoms with Gasteiger partial charge in [0.25, 0.3) is 5.56 Å². The first-order chi connectivity index (χ1) is 31.5. The van der Waals surface area contributed by atoms with Crippen LogP contribution in [0.5, 0.6) is 0 Å². The minimum absolute atomic E-state index is 0.0108. The Kier molecular flexibility index (Phi) is 16.4. The van der Waals surface area contributed by atoms with Crippen molar-refractivity contribution < 1.29 is 28.7 Å². The Bertz CT molecular complexity index is 2380. The second-order valence-corrected chi connectivity index (χ2v) is 18.2. The van der Waals surface area contributed by atoms with Crippen LogP contribution in [0, 0.1) is 12.8 Å². The van der Waals surface area contributed by atoms with Gasteiger partial charge in [-0.25, -0.2) is 4.79 Å². The monoisotopic (exact) mass is 890 g/mol. The molecule has 2 aromatic heterocycles. The molecule has 0 unspecified atom stereocenters. The van der Waals surface area contributed by atoms with Crippen LogP contribution in [0.15, 0.2) is 78.8 Å². The first kappa shape index (κ1) is 47.4. The molecule has 0 saturated carbocycles. The number of nitrogens with zero attached hydrogens (tertiary/aromatic N) is 7. The molecule has 348 valence electrons. The van der Waals surface area contributed by atoms with Crippen LogP contribution < -0.4 is 5.56 Å². The molecule has 0 N–H and O–H groups in total. The van der Waals surface area contributed by atoms with E-state index >= 15 is 0 Å². The Hall–Kier alpha value is -5.60. The molecular formula is C51H67N7O7. The average molecular weight is 890 g/mol. The van der Waals surface area contributed by atoms with Crippen LogP contribution in [-0.4, -0.2) is 130 Å². The molecule has 3 aliphatic rings. The molecule has 0 bridgehead atoms. The number of piperidine rings is 2. The highest BCUT2D eigenvalue weighted by molar-refractivity contribution is 5.91. The number of benzene rings is 2. The number of pyridine rings is 1. The fourth-order valence-corrected chi connectivity index (χ4v) is 9.93. The highest BCUT2D eigenvalue weighted by Crippen LogP contribution is 2.31. The minimum Gasteiger partial charge on any atom is -0.448 e. The molecule has 0 spiro atoms. The van der Waals surface area contributed by atoms with Crippen LogP contribution in [0.2, 0.25) is 0 Å². The van der Waals surface area contributed by atoms with Crippen molar-refractivity contribution in [2.75, 3.05) is 66.0 Å². The van der Waals surface area contributed by atoms with E-state index < -0.39 is 18.0 Å². The fourth-order valence-electron chi connectivity index (χ4n) is 9.93. The summed E-state index contributed by atoms with van der Waals surface area (Å²) in [5.41, 5.74) is 3.54. The van der Waals surface area contributed by atoms with Crippen LogP contribution in [0.3, 0.4) is 0 Å². The van der Waals surface area contributed by atoms with Crippen molar-refractivity contribution in [2.24, 2.45) is 5.92 Å². The lowest BCUT2D eigenvalue weighted by Crippen LogP contribution is -2.55. The molecular weight excluding hydrogens is 823 g/mol. The Labute approximate surface area is 382 Å². The highest BCUT2D eigenvalue weighted by atomic mass is 16.6. The molecule has 65 heavy (non-hydrogen) atoms. The fraction of sp³-hybridized carbons (Fsp3) is 0.529. The number of carbonyl (C=O) groups is 4. The van der Waals surface area contributed by atoms with E-state index in [2.05, 4.69) is 35.1 Å². The number of esters is 1. The van der Waals surface area contributed by atoms with Crippen LogP contribution in [0.25, 0.3) is 21.8 Å². The van der Waals surface area contributed by atoms with E-state index in [0.29, 0.717) is 81.1 Å². The number of para-hydroxylation sites is 1. The summed E-state index contributed by atoms with van der Waals surface area (Å²) in [5.74, 6) is -1.16. The van der Waals surface area contributed by atoms with Crippen LogP contribution >= 0.6 is 0 Å². The number of aryl methyl sites for hydroxylation is 1. The van der Waals surface area contributed by atoms with Gasteiger partial charge in [0.1, 0.15) is 0 Å². The number of ether oxygens (including phenoxy) is 2. The van der Waals surface area contributed by atoms with E-state index in [-0.39, 0.29) is 42.9 Å². The Balaban J connectivity index is 1.04. The minimum atomic E-state index is -0.588. The van der Waals surface area contributed by atoms with Gasteiger partial charge in [-0.2, -0.15) is 9.78 Å². The number of piperazine rings is 1. The van der Waals surface area contributed by atoms with Crippen molar-refractivity contribution in [2.45, 2.75) is 103 Å².